The van der Waals surface area contributed by atoms with Crippen LogP contribution in [0.2, 0.25) is 0 Å². The minimum Gasteiger partial charge on any atom is -0.460 e. The molecule has 0 aromatic heterocycles. The van der Waals surface area contributed by atoms with Crippen molar-refractivity contribution in [3.8, 4) is 0 Å². The normalized spacial score (nSPS) is 13.6. The molecular formula is C11H20N3O3+. The molecule has 6 nitrogen and oxygen atoms in total. The molecule has 0 fully saturated rings. The highest BCUT2D eigenvalue weighted by Crippen LogP contribution is 2.05. The van der Waals surface area contributed by atoms with Gasteiger partial charge in [-0.25, -0.2) is 4.79 Å². The lowest BCUT2D eigenvalue weighted by molar-refractivity contribution is -0.230. The van der Waals surface area contributed by atoms with Gasteiger partial charge in [0, 0.05) is 0 Å². The van der Waals surface area contributed by atoms with Gasteiger partial charge in [-0.05, 0) is 18.0 Å². The van der Waals surface area contributed by atoms with Crippen molar-refractivity contribution >= 4 is 11.9 Å². The molecule has 0 aliphatic heterocycles. The molecule has 0 radical (unpaired) electrons. The Hall–Kier alpha value is -1.72. The smallest absolute Gasteiger partial charge is 0.328 e. The quantitative estimate of drug-likeness (QED) is 0.356. The average molecular weight is 242 g/mol. The van der Waals surface area contributed by atoms with Gasteiger partial charge in [-0.1, -0.05) is 26.5 Å². The monoisotopic (exact) mass is 242 g/mol. The Morgan fingerprint density at radius 2 is 2.06 bits per heavy atom. The van der Waals surface area contributed by atoms with Crippen LogP contribution < -0.4 is 10.8 Å². The van der Waals surface area contributed by atoms with E-state index in [2.05, 4.69) is 17.0 Å². The third-order valence-corrected chi connectivity index (χ3v) is 2.12. The van der Waals surface area contributed by atoms with Crippen molar-refractivity contribution in [1.29, 1.82) is 0 Å². The summed E-state index contributed by atoms with van der Waals surface area (Å²) >= 11 is 0. The van der Waals surface area contributed by atoms with Crippen molar-refractivity contribution in [2.24, 2.45) is 11.0 Å². The predicted molar refractivity (Wildman–Crippen MR) is 61.7 cm³/mol. The van der Waals surface area contributed by atoms with Crippen molar-refractivity contribution < 1.29 is 19.9 Å². The number of carbonyl (C=O) groups is 2. The molecular weight excluding hydrogens is 222 g/mol. The van der Waals surface area contributed by atoms with Gasteiger partial charge in [0.1, 0.15) is 12.6 Å². The summed E-state index contributed by atoms with van der Waals surface area (Å²) in [7, 11) is 0. The van der Waals surface area contributed by atoms with Crippen LogP contribution in [0.4, 0.5) is 0 Å². The number of ether oxygens (including phenoxy) is 1. The second-order valence-electron chi connectivity index (χ2n) is 3.99. The van der Waals surface area contributed by atoms with E-state index in [1.54, 1.807) is 0 Å². The number of hydrogen-bond acceptors (Lipinski definition) is 4. The highest BCUT2D eigenvalue weighted by molar-refractivity contribution is 5.87. The van der Waals surface area contributed by atoms with Crippen LogP contribution in [-0.4, -0.2) is 30.6 Å². The van der Waals surface area contributed by atoms with Gasteiger partial charge in [0.15, 0.2) is 6.04 Å². The molecule has 3 N–H and O–H groups in total. The first kappa shape index (κ1) is 15.3. The zero-order valence-corrected chi connectivity index (χ0v) is 10.5. The molecule has 0 saturated carbocycles. The van der Waals surface area contributed by atoms with E-state index in [0.717, 1.165) is 0 Å². The van der Waals surface area contributed by atoms with Gasteiger partial charge in [0.2, 0.25) is 0 Å². The van der Waals surface area contributed by atoms with Crippen molar-refractivity contribution in [2.75, 3.05) is 6.61 Å². The molecule has 1 amide bonds. The summed E-state index contributed by atoms with van der Waals surface area (Å²) in [5.41, 5.74) is 5.14. The summed E-state index contributed by atoms with van der Waals surface area (Å²) in [6.45, 7) is 8.72. The highest BCUT2D eigenvalue weighted by atomic mass is 16.5. The fourth-order valence-corrected chi connectivity index (χ4v) is 1.17. The summed E-state index contributed by atoms with van der Waals surface area (Å²) in [6, 6.07) is -1.39. The number of carbonyl (C=O) groups excluding carboxylic acids is 2. The summed E-state index contributed by atoms with van der Waals surface area (Å²) in [5, 5.41) is 5.98. The summed E-state index contributed by atoms with van der Waals surface area (Å²) in [6.07, 6.45) is 1.46. The molecule has 0 spiro atoms. The molecule has 0 aliphatic carbocycles. The molecule has 0 heterocycles. The second-order valence-corrected chi connectivity index (χ2v) is 3.99. The maximum atomic E-state index is 11.7. The molecule has 0 saturated heterocycles. The Labute approximate surface area is 101 Å². The molecule has 0 aliphatic rings. The van der Waals surface area contributed by atoms with Gasteiger partial charge in [0.25, 0.3) is 5.91 Å². The maximum Gasteiger partial charge on any atom is 0.328 e. The van der Waals surface area contributed by atoms with Gasteiger partial charge < -0.3 is 10.1 Å². The van der Waals surface area contributed by atoms with Crippen molar-refractivity contribution in [1.82, 2.24) is 5.32 Å². The Morgan fingerprint density at radius 3 is 2.47 bits per heavy atom. The number of hydrogen-bond donors (Lipinski definition) is 2. The number of nitrogens with zero attached hydrogens (tertiary/aromatic N) is 1. The number of amides is 1. The van der Waals surface area contributed by atoms with Crippen LogP contribution in [0, 0.1) is 5.92 Å². The standard InChI is InChI=1S/C11H19N3O3/c1-5-6-17-11(16)8(4)13-10(15)9(14-12)7(2)3/h5,7-9,12H,1,6H2,2-4H3,(H,13,15)/p+1/t8-,9-/m0/s1. The molecule has 0 aromatic rings. The first-order valence-electron chi connectivity index (χ1n) is 5.42. The largest absolute Gasteiger partial charge is 0.460 e. The summed E-state index contributed by atoms with van der Waals surface area (Å²) in [4.78, 5) is 23.1. The molecule has 0 rings (SSSR count). The van der Waals surface area contributed by atoms with E-state index in [1.165, 1.54) is 13.0 Å². The lowest BCUT2D eigenvalue weighted by atomic mass is 10.0. The highest BCUT2D eigenvalue weighted by Gasteiger charge is 2.27. The van der Waals surface area contributed by atoms with E-state index in [-0.39, 0.29) is 18.4 Å². The molecule has 2 atom stereocenters. The average Bonchev–Trinajstić information content (AvgIpc) is 2.25. The van der Waals surface area contributed by atoms with Crippen LogP contribution in [0.15, 0.2) is 17.8 Å². The Morgan fingerprint density at radius 1 is 1.47 bits per heavy atom. The number of nitrogens with one attached hydrogen (secondary N) is 1. The minimum absolute atomic E-state index is 0.0311. The molecule has 0 unspecified atom stereocenters. The lowest BCUT2D eigenvalue weighted by Crippen LogP contribution is -2.47. The fraction of sp³-hybridized carbons (Fsp3) is 0.636. The lowest BCUT2D eigenvalue weighted by Gasteiger charge is -2.16. The van der Waals surface area contributed by atoms with E-state index in [9.17, 15) is 9.59 Å². The van der Waals surface area contributed by atoms with Crippen LogP contribution in [0.5, 0.6) is 0 Å². The third-order valence-electron chi connectivity index (χ3n) is 2.12. The van der Waals surface area contributed by atoms with Gasteiger partial charge in [-0.15, -0.1) is 0 Å². The van der Waals surface area contributed by atoms with Gasteiger partial charge in [0.05, 0.1) is 0 Å². The van der Waals surface area contributed by atoms with Crippen LogP contribution in [-0.2, 0) is 14.3 Å². The molecule has 96 valence electrons. The van der Waals surface area contributed by atoms with E-state index >= 15 is 0 Å². The molecule has 17 heavy (non-hydrogen) atoms. The first-order chi connectivity index (χ1) is 7.93. The second kappa shape index (κ2) is 7.54. The SMILES string of the molecule is C=CCOC(=O)[C@H](C)NC(=O)[C@@H](N=[NH2+])C(C)C. The number of rotatable bonds is 7. The molecule has 0 aromatic carbocycles. The summed E-state index contributed by atoms with van der Waals surface area (Å²) in [5.74, 6) is -0.931. The fourth-order valence-electron chi connectivity index (χ4n) is 1.17. The van der Waals surface area contributed by atoms with Gasteiger partial charge in [-0.3, -0.25) is 4.79 Å². The Kier molecular flexibility index (Phi) is 6.77. The van der Waals surface area contributed by atoms with Crippen molar-refractivity contribution in [2.45, 2.75) is 32.9 Å². The van der Waals surface area contributed by atoms with Crippen molar-refractivity contribution in [3.05, 3.63) is 12.7 Å². The van der Waals surface area contributed by atoms with Gasteiger partial charge >= 0.3 is 5.97 Å². The first-order valence-corrected chi connectivity index (χ1v) is 5.42. The van der Waals surface area contributed by atoms with E-state index in [1.807, 2.05) is 13.8 Å². The van der Waals surface area contributed by atoms with E-state index in [4.69, 9.17) is 10.3 Å². The van der Waals surface area contributed by atoms with E-state index in [0.29, 0.717) is 0 Å². The number of nitrogens with two attached hydrogens (primary N) is 1. The van der Waals surface area contributed by atoms with Crippen molar-refractivity contribution in [3.63, 3.8) is 0 Å². The minimum atomic E-state index is -0.731. The van der Waals surface area contributed by atoms with Crippen LogP contribution in [0.1, 0.15) is 20.8 Å². The Balaban J connectivity index is 4.31. The van der Waals surface area contributed by atoms with Crippen LogP contribution in [0.3, 0.4) is 0 Å². The topological polar surface area (TPSA) is 93.3 Å². The van der Waals surface area contributed by atoms with E-state index < -0.39 is 18.1 Å². The zero-order chi connectivity index (χ0) is 13.4. The maximum absolute atomic E-state index is 11.7. The number of esters is 1. The zero-order valence-electron chi connectivity index (χ0n) is 10.5. The van der Waals surface area contributed by atoms with Gasteiger partial charge in [-0.2, -0.15) is 5.53 Å². The van der Waals surface area contributed by atoms with Crippen LogP contribution in [0.25, 0.3) is 0 Å². The predicted octanol–water partition coefficient (Wildman–Crippen LogP) is -0.544. The van der Waals surface area contributed by atoms with Crippen LogP contribution >= 0.6 is 0 Å². The third kappa shape index (κ3) is 5.24. The summed E-state index contributed by atoms with van der Waals surface area (Å²) < 4.78 is 4.79. The molecule has 0 bridgehead atoms. The Bertz CT molecular complexity index is 302. The molecule has 6 heteroatoms.